The number of nitrogens with zero attached hydrogens (tertiary/aromatic N) is 3. The molecule has 0 fully saturated rings. The molecule has 1 N–H and O–H groups in total. The van der Waals surface area contributed by atoms with Gasteiger partial charge in [0.1, 0.15) is 5.52 Å². The number of carbonyl (C=O) groups excluding carboxylic acids is 1. The number of non-ortho nitro benzene ring substituents is 2. The van der Waals surface area contributed by atoms with Crippen molar-refractivity contribution < 1.29 is 19.1 Å². The van der Waals surface area contributed by atoms with Crippen molar-refractivity contribution in [2.75, 3.05) is 5.32 Å². The molecule has 1 amide bonds. The van der Waals surface area contributed by atoms with E-state index in [1.54, 1.807) is 25.1 Å². The summed E-state index contributed by atoms with van der Waals surface area (Å²) in [6.45, 7) is 3.72. The first-order valence-electron chi connectivity index (χ1n) is 9.45. The molecule has 0 aliphatic heterocycles. The number of rotatable bonds is 5. The molecule has 3 aromatic carbocycles. The molecule has 4 aromatic rings. The third kappa shape index (κ3) is 4.01. The molecule has 0 unspecified atom stereocenters. The Morgan fingerprint density at radius 1 is 0.938 bits per heavy atom. The van der Waals surface area contributed by atoms with Crippen molar-refractivity contribution >= 4 is 34.1 Å². The van der Waals surface area contributed by atoms with Crippen molar-refractivity contribution in [3.05, 3.63) is 91.5 Å². The molecule has 10 heteroatoms. The predicted octanol–water partition coefficient (Wildman–Crippen LogP) is 5.18. The second kappa shape index (κ2) is 7.91. The fraction of sp³-hybridized carbons (Fsp3) is 0.0909. The van der Waals surface area contributed by atoms with Crippen molar-refractivity contribution in [3.8, 4) is 11.5 Å². The largest absolute Gasteiger partial charge is 0.436 e. The summed E-state index contributed by atoms with van der Waals surface area (Å²) in [5.74, 6) is -0.350. The van der Waals surface area contributed by atoms with Gasteiger partial charge in [0.25, 0.3) is 17.3 Å². The van der Waals surface area contributed by atoms with Crippen LogP contribution < -0.4 is 5.32 Å². The second-order valence-corrected chi connectivity index (χ2v) is 7.23. The fourth-order valence-electron chi connectivity index (χ4n) is 3.18. The number of benzene rings is 3. The van der Waals surface area contributed by atoms with Crippen LogP contribution in [0.3, 0.4) is 0 Å². The van der Waals surface area contributed by atoms with Crippen LogP contribution in [0.15, 0.2) is 59.0 Å². The van der Waals surface area contributed by atoms with Gasteiger partial charge in [-0.05, 0) is 49.2 Å². The molecule has 0 bridgehead atoms. The minimum atomic E-state index is -0.787. The minimum Gasteiger partial charge on any atom is -0.436 e. The molecule has 1 aromatic heterocycles. The van der Waals surface area contributed by atoms with Gasteiger partial charge in [-0.25, -0.2) is 4.98 Å². The molecule has 4 rings (SSSR count). The molecule has 0 aliphatic carbocycles. The van der Waals surface area contributed by atoms with E-state index in [4.69, 9.17) is 4.42 Å². The van der Waals surface area contributed by atoms with E-state index >= 15 is 0 Å². The molecular weight excluding hydrogens is 416 g/mol. The number of aryl methyl sites for hydroxylation is 2. The van der Waals surface area contributed by atoms with Gasteiger partial charge in [-0.2, -0.15) is 0 Å². The van der Waals surface area contributed by atoms with Crippen LogP contribution in [0.1, 0.15) is 21.5 Å². The van der Waals surface area contributed by atoms with E-state index in [0.29, 0.717) is 33.8 Å². The SMILES string of the molecule is Cc1ccc2oc(-c3ccc(C)c(NC(=O)c4cc([N+](=O)[O-])cc([N+](=O)[O-])c4)c3)nc2c1. The molecule has 0 aliphatic rings. The summed E-state index contributed by atoms with van der Waals surface area (Å²) in [4.78, 5) is 37.8. The van der Waals surface area contributed by atoms with E-state index in [9.17, 15) is 25.0 Å². The van der Waals surface area contributed by atoms with E-state index in [0.717, 1.165) is 23.8 Å². The number of aromatic nitrogens is 1. The topological polar surface area (TPSA) is 141 Å². The highest BCUT2D eigenvalue weighted by Crippen LogP contribution is 2.29. The normalized spacial score (nSPS) is 10.8. The van der Waals surface area contributed by atoms with Gasteiger partial charge in [0, 0.05) is 23.4 Å². The van der Waals surface area contributed by atoms with E-state index in [1.165, 1.54) is 0 Å². The third-order valence-corrected chi connectivity index (χ3v) is 4.86. The summed E-state index contributed by atoms with van der Waals surface area (Å²) in [5.41, 5.74) is 2.83. The number of amides is 1. The molecule has 0 atom stereocenters. The molecule has 160 valence electrons. The monoisotopic (exact) mass is 432 g/mol. The summed E-state index contributed by atoms with van der Waals surface area (Å²) in [7, 11) is 0. The minimum absolute atomic E-state index is 0.201. The van der Waals surface area contributed by atoms with Gasteiger partial charge < -0.3 is 9.73 Å². The van der Waals surface area contributed by atoms with Gasteiger partial charge in [-0.3, -0.25) is 25.0 Å². The Balaban J connectivity index is 1.68. The zero-order chi connectivity index (χ0) is 23.0. The molecule has 0 saturated carbocycles. The average molecular weight is 432 g/mol. The lowest BCUT2D eigenvalue weighted by Gasteiger charge is -2.10. The van der Waals surface area contributed by atoms with Gasteiger partial charge in [-0.15, -0.1) is 0 Å². The first-order valence-corrected chi connectivity index (χ1v) is 9.45. The lowest BCUT2D eigenvalue weighted by atomic mass is 10.1. The Labute approximate surface area is 180 Å². The third-order valence-electron chi connectivity index (χ3n) is 4.86. The number of anilines is 1. The summed E-state index contributed by atoms with van der Waals surface area (Å²) >= 11 is 0. The summed E-state index contributed by atoms with van der Waals surface area (Å²) in [5, 5.41) is 24.8. The van der Waals surface area contributed by atoms with Crippen molar-refractivity contribution in [2.24, 2.45) is 0 Å². The van der Waals surface area contributed by atoms with Crippen molar-refractivity contribution in [2.45, 2.75) is 13.8 Å². The lowest BCUT2D eigenvalue weighted by molar-refractivity contribution is -0.394. The highest BCUT2D eigenvalue weighted by Gasteiger charge is 2.20. The highest BCUT2D eigenvalue weighted by atomic mass is 16.6. The quantitative estimate of drug-likeness (QED) is 0.338. The zero-order valence-electron chi connectivity index (χ0n) is 17.0. The molecule has 0 spiro atoms. The fourth-order valence-corrected chi connectivity index (χ4v) is 3.18. The average Bonchev–Trinajstić information content (AvgIpc) is 3.18. The smallest absolute Gasteiger partial charge is 0.277 e. The first-order chi connectivity index (χ1) is 15.2. The van der Waals surface area contributed by atoms with Crippen molar-refractivity contribution in [1.29, 1.82) is 0 Å². The number of fused-ring (bicyclic) bond motifs is 1. The van der Waals surface area contributed by atoms with E-state index in [-0.39, 0.29) is 5.56 Å². The lowest BCUT2D eigenvalue weighted by Crippen LogP contribution is -2.13. The maximum absolute atomic E-state index is 12.7. The first kappa shape index (κ1) is 20.7. The Hall–Kier alpha value is -4.60. The van der Waals surface area contributed by atoms with Crippen LogP contribution in [0.5, 0.6) is 0 Å². The van der Waals surface area contributed by atoms with Gasteiger partial charge in [0.2, 0.25) is 5.89 Å². The van der Waals surface area contributed by atoms with Crippen LogP contribution in [-0.4, -0.2) is 20.7 Å². The molecule has 0 radical (unpaired) electrons. The highest BCUT2D eigenvalue weighted by molar-refractivity contribution is 6.05. The van der Waals surface area contributed by atoms with E-state index in [1.807, 2.05) is 25.1 Å². The van der Waals surface area contributed by atoms with Gasteiger partial charge in [-0.1, -0.05) is 12.1 Å². The molecule has 32 heavy (non-hydrogen) atoms. The van der Waals surface area contributed by atoms with Gasteiger partial charge in [0.15, 0.2) is 5.58 Å². The number of oxazole rings is 1. The van der Waals surface area contributed by atoms with Crippen LogP contribution in [0.4, 0.5) is 17.1 Å². The van der Waals surface area contributed by atoms with E-state index in [2.05, 4.69) is 10.3 Å². The number of hydrogen-bond donors (Lipinski definition) is 1. The molecule has 1 heterocycles. The molecular formula is C22H16N4O6. The van der Waals surface area contributed by atoms with Crippen LogP contribution in [0.25, 0.3) is 22.6 Å². The molecule has 0 saturated heterocycles. The van der Waals surface area contributed by atoms with Crippen LogP contribution in [0.2, 0.25) is 0 Å². The van der Waals surface area contributed by atoms with Crippen molar-refractivity contribution in [1.82, 2.24) is 4.98 Å². The summed E-state index contributed by atoms with van der Waals surface area (Å²) in [6.07, 6.45) is 0. The number of carbonyl (C=O) groups is 1. The number of nitro groups is 2. The Morgan fingerprint density at radius 3 is 2.28 bits per heavy atom. The Kier molecular flexibility index (Phi) is 5.11. The number of nitro benzene ring substituents is 2. The van der Waals surface area contributed by atoms with Gasteiger partial charge in [0.05, 0.1) is 21.5 Å². The number of hydrogen-bond acceptors (Lipinski definition) is 7. The maximum atomic E-state index is 12.7. The van der Waals surface area contributed by atoms with Gasteiger partial charge >= 0.3 is 0 Å². The zero-order valence-corrected chi connectivity index (χ0v) is 17.0. The van der Waals surface area contributed by atoms with E-state index < -0.39 is 27.1 Å². The predicted molar refractivity (Wildman–Crippen MR) is 117 cm³/mol. The van der Waals surface area contributed by atoms with Crippen molar-refractivity contribution in [3.63, 3.8) is 0 Å². The maximum Gasteiger partial charge on any atom is 0.277 e. The van der Waals surface area contributed by atoms with Crippen LogP contribution in [-0.2, 0) is 0 Å². The summed E-state index contributed by atoms with van der Waals surface area (Å²) in [6, 6.07) is 13.6. The Morgan fingerprint density at radius 2 is 1.62 bits per heavy atom. The van der Waals surface area contributed by atoms with Crippen LogP contribution in [0, 0.1) is 34.1 Å². The number of nitrogens with one attached hydrogen (secondary N) is 1. The molecule has 10 nitrogen and oxygen atoms in total. The summed E-state index contributed by atoms with van der Waals surface area (Å²) < 4.78 is 5.80. The standard InChI is InChI=1S/C22H16N4O6/c1-12-3-6-20-19(7-12)24-22(32-20)14-5-4-13(2)18(10-14)23-21(27)15-8-16(25(28)29)11-17(9-15)26(30)31/h3-11H,1-2H3,(H,23,27). The second-order valence-electron chi connectivity index (χ2n) is 7.23. The Bertz CT molecular complexity index is 1380. The van der Waals surface area contributed by atoms with Crippen LogP contribution >= 0.6 is 0 Å².